The summed E-state index contributed by atoms with van der Waals surface area (Å²) in [5, 5.41) is 0. The summed E-state index contributed by atoms with van der Waals surface area (Å²) in [7, 11) is -2.51. The number of ether oxygens (including phenoxy) is 2. The number of hydrogen-bond acceptors (Lipinski definition) is 6. The molecular weight excluding hydrogens is 432 g/mol. The minimum atomic E-state index is -3.98. The highest BCUT2D eigenvalue weighted by atomic mass is 32.2. The standard InChI is InChI=1S/C23H30N2O6S/c1-7-12-25-16(4)13-20(17(25)5)21(26)14-31-23(27)22(15(2)3)24-32(28,29)19-10-8-18(30-6)9-11-19/h7-11,13,15,22,24H,1,12,14H2,2-6H3. The van der Waals surface area contributed by atoms with E-state index in [2.05, 4.69) is 11.3 Å². The molecule has 0 radical (unpaired) electrons. The number of benzene rings is 1. The van der Waals surface area contributed by atoms with Crippen LogP contribution in [-0.4, -0.2) is 44.5 Å². The van der Waals surface area contributed by atoms with Crippen molar-refractivity contribution in [1.29, 1.82) is 0 Å². The molecule has 8 nitrogen and oxygen atoms in total. The molecule has 0 bridgehead atoms. The molecule has 0 aliphatic rings. The molecule has 0 saturated heterocycles. The van der Waals surface area contributed by atoms with Crippen LogP contribution in [0.15, 0.2) is 47.9 Å². The molecule has 32 heavy (non-hydrogen) atoms. The quantitative estimate of drug-likeness (QED) is 0.313. The average molecular weight is 463 g/mol. The molecule has 0 aliphatic heterocycles. The number of carbonyl (C=O) groups excluding carboxylic acids is 2. The summed E-state index contributed by atoms with van der Waals surface area (Å²) >= 11 is 0. The molecule has 0 saturated carbocycles. The van der Waals surface area contributed by atoms with Crippen molar-refractivity contribution < 1.29 is 27.5 Å². The number of rotatable bonds is 11. The highest BCUT2D eigenvalue weighted by Gasteiger charge is 2.30. The van der Waals surface area contributed by atoms with Crippen LogP contribution in [0.4, 0.5) is 0 Å². The van der Waals surface area contributed by atoms with Gasteiger partial charge in [0.25, 0.3) is 0 Å². The lowest BCUT2D eigenvalue weighted by atomic mass is 10.1. The number of hydrogen-bond donors (Lipinski definition) is 1. The molecule has 174 valence electrons. The summed E-state index contributed by atoms with van der Waals surface area (Å²) in [4.78, 5) is 25.3. The van der Waals surface area contributed by atoms with Gasteiger partial charge in [0.2, 0.25) is 15.8 Å². The Labute approximate surface area is 189 Å². The lowest BCUT2D eigenvalue weighted by Gasteiger charge is -2.20. The van der Waals surface area contributed by atoms with Crippen molar-refractivity contribution in [3.8, 4) is 5.75 Å². The Bertz CT molecular complexity index is 1080. The minimum Gasteiger partial charge on any atom is -0.497 e. The predicted molar refractivity (Wildman–Crippen MR) is 121 cm³/mol. The largest absolute Gasteiger partial charge is 0.497 e. The number of sulfonamides is 1. The molecule has 1 atom stereocenters. The van der Waals surface area contributed by atoms with Gasteiger partial charge < -0.3 is 14.0 Å². The first-order valence-corrected chi connectivity index (χ1v) is 11.6. The Hall–Kier alpha value is -2.91. The highest BCUT2D eigenvalue weighted by Crippen LogP contribution is 2.18. The van der Waals surface area contributed by atoms with Gasteiger partial charge in [-0.3, -0.25) is 9.59 Å². The van der Waals surface area contributed by atoms with Gasteiger partial charge in [-0.1, -0.05) is 19.9 Å². The molecule has 2 aromatic rings. The monoisotopic (exact) mass is 462 g/mol. The summed E-state index contributed by atoms with van der Waals surface area (Å²) in [6.45, 7) is 10.9. The van der Waals surface area contributed by atoms with E-state index in [9.17, 15) is 18.0 Å². The number of ketones is 1. The SMILES string of the molecule is C=CCn1c(C)cc(C(=O)COC(=O)C(NS(=O)(=O)c2ccc(OC)cc2)C(C)C)c1C. The van der Waals surface area contributed by atoms with E-state index in [-0.39, 0.29) is 10.7 Å². The van der Waals surface area contributed by atoms with E-state index in [1.165, 1.54) is 31.4 Å². The fraction of sp³-hybridized carbons (Fsp3) is 0.391. The Morgan fingerprint density at radius 2 is 1.81 bits per heavy atom. The molecule has 1 N–H and O–H groups in total. The molecule has 0 spiro atoms. The van der Waals surface area contributed by atoms with E-state index < -0.39 is 34.6 Å². The van der Waals surface area contributed by atoms with Crippen LogP contribution in [0.25, 0.3) is 0 Å². The number of aryl methyl sites for hydroxylation is 1. The Morgan fingerprint density at radius 3 is 2.34 bits per heavy atom. The maximum atomic E-state index is 12.7. The van der Waals surface area contributed by atoms with Gasteiger partial charge in [0, 0.05) is 23.5 Å². The topological polar surface area (TPSA) is 104 Å². The van der Waals surface area contributed by atoms with Crippen LogP contribution < -0.4 is 9.46 Å². The minimum absolute atomic E-state index is 0.0116. The van der Waals surface area contributed by atoms with Crippen LogP contribution in [-0.2, 0) is 26.1 Å². The van der Waals surface area contributed by atoms with E-state index in [1.807, 2.05) is 18.4 Å². The van der Waals surface area contributed by atoms with Gasteiger partial charge in [-0.25, -0.2) is 8.42 Å². The van der Waals surface area contributed by atoms with Crippen LogP contribution in [0.1, 0.15) is 35.6 Å². The zero-order valence-corrected chi connectivity index (χ0v) is 19.9. The van der Waals surface area contributed by atoms with Crippen molar-refractivity contribution in [2.75, 3.05) is 13.7 Å². The van der Waals surface area contributed by atoms with E-state index in [1.54, 1.807) is 26.0 Å². The number of allylic oxidation sites excluding steroid dienone is 1. The molecule has 2 rings (SSSR count). The van der Waals surface area contributed by atoms with E-state index >= 15 is 0 Å². The van der Waals surface area contributed by atoms with Crippen LogP contribution in [0.2, 0.25) is 0 Å². The first-order chi connectivity index (χ1) is 15.0. The third-order valence-electron chi connectivity index (χ3n) is 5.10. The second-order valence-corrected chi connectivity index (χ2v) is 9.45. The van der Waals surface area contributed by atoms with Gasteiger partial charge in [0.05, 0.1) is 12.0 Å². The van der Waals surface area contributed by atoms with Crippen molar-refractivity contribution in [2.45, 2.75) is 45.2 Å². The van der Waals surface area contributed by atoms with E-state index in [0.29, 0.717) is 17.9 Å². The highest BCUT2D eigenvalue weighted by molar-refractivity contribution is 7.89. The molecule has 0 aliphatic carbocycles. The van der Waals surface area contributed by atoms with Gasteiger partial charge >= 0.3 is 5.97 Å². The number of aromatic nitrogens is 1. The van der Waals surface area contributed by atoms with E-state index in [4.69, 9.17) is 9.47 Å². The van der Waals surface area contributed by atoms with Crippen LogP contribution >= 0.6 is 0 Å². The van der Waals surface area contributed by atoms with Crippen LogP contribution in [0.3, 0.4) is 0 Å². The maximum Gasteiger partial charge on any atom is 0.324 e. The third kappa shape index (κ3) is 5.86. The molecule has 1 aromatic carbocycles. The second-order valence-electron chi connectivity index (χ2n) is 7.73. The first-order valence-electron chi connectivity index (χ1n) is 10.2. The van der Waals surface area contributed by atoms with Gasteiger partial charge in [-0.2, -0.15) is 4.72 Å². The third-order valence-corrected chi connectivity index (χ3v) is 6.56. The lowest BCUT2D eigenvalue weighted by molar-refractivity contribution is -0.145. The fourth-order valence-corrected chi connectivity index (χ4v) is 4.58. The summed E-state index contributed by atoms with van der Waals surface area (Å²) in [5.74, 6) is -1.06. The first kappa shape index (κ1) is 25.4. The molecule has 1 heterocycles. The molecule has 9 heteroatoms. The van der Waals surface area contributed by atoms with Crippen molar-refractivity contribution in [3.63, 3.8) is 0 Å². The fourth-order valence-electron chi connectivity index (χ4n) is 3.24. The predicted octanol–water partition coefficient (Wildman–Crippen LogP) is 3.03. The molecule has 0 amide bonds. The lowest BCUT2D eigenvalue weighted by Crippen LogP contribution is -2.45. The van der Waals surface area contributed by atoms with Crippen molar-refractivity contribution in [1.82, 2.24) is 9.29 Å². The smallest absolute Gasteiger partial charge is 0.324 e. The van der Waals surface area contributed by atoms with E-state index in [0.717, 1.165) is 11.4 Å². The normalized spacial score (nSPS) is 12.4. The van der Waals surface area contributed by atoms with Gasteiger partial charge in [0.1, 0.15) is 11.8 Å². The molecular formula is C23H30N2O6S. The summed E-state index contributed by atoms with van der Waals surface area (Å²) in [5.41, 5.74) is 2.10. The van der Waals surface area contributed by atoms with Crippen LogP contribution in [0.5, 0.6) is 5.75 Å². The van der Waals surface area contributed by atoms with Crippen molar-refractivity contribution in [3.05, 3.63) is 59.9 Å². The van der Waals surface area contributed by atoms with Crippen LogP contribution in [0, 0.1) is 19.8 Å². The number of methoxy groups -OCH3 is 1. The van der Waals surface area contributed by atoms with Gasteiger partial charge in [0.15, 0.2) is 6.61 Å². The number of nitrogens with one attached hydrogen (secondary N) is 1. The second kappa shape index (κ2) is 10.6. The Balaban J connectivity index is 2.11. The van der Waals surface area contributed by atoms with Gasteiger partial charge in [-0.05, 0) is 50.1 Å². The zero-order chi connectivity index (χ0) is 24.1. The summed E-state index contributed by atoms with van der Waals surface area (Å²) in [6, 6.07) is 6.38. The molecule has 0 fully saturated rings. The Kier molecular flexibility index (Phi) is 8.40. The summed E-state index contributed by atoms with van der Waals surface area (Å²) < 4.78 is 40.0. The Morgan fingerprint density at radius 1 is 1.19 bits per heavy atom. The number of nitrogens with zero attached hydrogens (tertiary/aromatic N) is 1. The van der Waals surface area contributed by atoms with Crippen molar-refractivity contribution in [2.24, 2.45) is 5.92 Å². The molecule has 1 aromatic heterocycles. The number of carbonyl (C=O) groups is 2. The summed E-state index contributed by atoms with van der Waals surface area (Å²) in [6.07, 6.45) is 1.73. The van der Waals surface area contributed by atoms with Crippen molar-refractivity contribution >= 4 is 21.8 Å². The zero-order valence-electron chi connectivity index (χ0n) is 19.0. The van der Waals surface area contributed by atoms with Gasteiger partial charge in [-0.15, -0.1) is 6.58 Å². The number of Topliss-reactive ketones (excluding diaryl/α,β-unsaturated/α-hetero) is 1. The maximum absolute atomic E-state index is 12.7. The average Bonchev–Trinajstić information content (AvgIpc) is 3.04. The number of esters is 1. The molecule has 1 unspecified atom stereocenters.